The van der Waals surface area contributed by atoms with Gasteiger partial charge >= 0.3 is 6.03 Å². The van der Waals surface area contributed by atoms with Gasteiger partial charge in [-0.2, -0.15) is 5.10 Å². The highest BCUT2D eigenvalue weighted by Gasteiger charge is 2.32. The zero-order chi connectivity index (χ0) is 11.4. The van der Waals surface area contributed by atoms with Crippen molar-refractivity contribution in [2.75, 3.05) is 19.6 Å². The van der Waals surface area contributed by atoms with Crippen LogP contribution in [0.25, 0.3) is 0 Å². The van der Waals surface area contributed by atoms with Crippen molar-refractivity contribution >= 4 is 17.6 Å². The van der Waals surface area contributed by atoms with Gasteiger partial charge in [0.15, 0.2) is 5.84 Å². The summed E-state index contributed by atoms with van der Waals surface area (Å²) in [4.78, 5) is 15.2. The Kier molecular flexibility index (Phi) is 3.82. The van der Waals surface area contributed by atoms with Crippen LogP contribution in [-0.4, -0.2) is 47.0 Å². The van der Waals surface area contributed by atoms with Crippen molar-refractivity contribution in [3.05, 3.63) is 0 Å². The van der Waals surface area contributed by atoms with Crippen LogP contribution < -0.4 is 0 Å². The molecular formula is C10H18N4O. The van der Waals surface area contributed by atoms with Crippen LogP contribution in [0.1, 0.15) is 27.7 Å². The van der Waals surface area contributed by atoms with Crippen molar-refractivity contribution in [2.45, 2.75) is 27.7 Å². The van der Waals surface area contributed by atoms with Crippen LogP contribution in [0.3, 0.4) is 0 Å². The average Bonchev–Trinajstić information content (AvgIpc) is 2.51. The summed E-state index contributed by atoms with van der Waals surface area (Å²) >= 11 is 0. The fraction of sp³-hybridized carbons (Fsp3) is 0.700. The summed E-state index contributed by atoms with van der Waals surface area (Å²) in [6.45, 7) is 9.59. The SMILES string of the molecule is CCN1CC(=NN=C(C)C)N(CC)C1=O. The molecule has 84 valence electrons. The van der Waals surface area contributed by atoms with Crippen LogP contribution in [0.15, 0.2) is 10.2 Å². The van der Waals surface area contributed by atoms with E-state index in [1.165, 1.54) is 0 Å². The number of nitrogens with zero attached hydrogens (tertiary/aromatic N) is 4. The summed E-state index contributed by atoms with van der Waals surface area (Å²) in [6.07, 6.45) is 0. The van der Waals surface area contributed by atoms with Crippen LogP contribution in [0.4, 0.5) is 4.79 Å². The Morgan fingerprint density at radius 3 is 2.47 bits per heavy atom. The summed E-state index contributed by atoms with van der Waals surface area (Å²) in [5, 5.41) is 8.08. The van der Waals surface area contributed by atoms with E-state index in [0.717, 1.165) is 11.5 Å². The van der Waals surface area contributed by atoms with Crippen molar-refractivity contribution in [3.63, 3.8) is 0 Å². The molecule has 0 saturated carbocycles. The maximum Gasteiger partial charge on any atom is 0.325 e. The van der Waals surface area contributed by atoms with Crippen molar-refractivity contribution in [3.8, 4) is 0 Å². The highest BCUT2D eigenvalue weighted by atomic mass is 16.2. The number of carbonyl (C=O) groups excluding carboxylic acids is 1. The van der Waals surface area contributed by atoms with Gasteiger partial charge in [-0.3, -0.25) is 4.90 Å². The summed E-state index contributed by atoms with van der Waals surface area (Å²) < 4.78 is 0. The molecule has 1 heterocycles. The largest absolute Gasteiger partial charge is 0.325 e. The average molecular weight is 210 g/mol. The smallest absolute Gasteiger partial charge is 0.317 e. The first kappa shape index (κ1) is 11.7. The van der Waals surface area contributed by atoms with Gasteiger partial charge in [0, 0.05) is 18.8 Å². The molecule has 0 aliphatic carbocycles. The minimum Gasteiger partial charge on any atom is -0.317 e. The first-order valence-electron chi connectivity index (χ1n) is 5.24. The van der Waals surface area contributed by atoms with Crippen molar-refractivity contribution in [2.24, 2.45) is 10.2 Å². The van der Waals surface area contributed by atoms with Crippen LogP contribution in [-0.2, 0) is 0 Å². The van der Waals surface area contributed by atoms with Crippen LogP contribution in [0.2, 0.25) is 0 Å². The molecule has 5 nitrogen and oxygen atoms in total. The molecule has 0 bridgehead atoms. The number of urea groups is 1. The molecule has 1 aliphatic heterocycles. The normalized spacial score (nSPS) is 18.9. The molecule has 0 unspecified atom stereocenters. The number of amides is 2. The monoisotopic (exact) mass is 210 g/mol. The van der Waals surface area contributed by atoms with E-state index in [1.807, 2.05) is 27.7 Å². The quantitative estimate of drug-likeness (QED) is 0.515. The highest BCUT2D eigenvalue weighted by molar-refractivity contribution is 6.05. The van der Waals surface area contributed by atoms with Gasteiger partial charge in [0.25, 0.3) is 0 Å². The van der Waals surface area contributed by atoms with Gasteiger partial charge in [-0.25, -0.2) is 4.79 Å². The van der Waals surface area contributed by atoms with E-state index in [1.54, 1.807) is 9.80 Å². The highest BCUT2D eigenvalue weighted by Crippen LogP contribution is 2.10. The molecule has 2 amide bonds. The van der Waals surface area contributed by atoms with E-state index in [2.05, 4.69) is 10.2 Å². The Morgan fingerprint density at radius 2 is 2.00 bits per heavy atom. The Balaban J connectivity index is 2.86. The first-order chi connectivity index (χ1) is 7.10. The Hall–Kier alpha value is -1.39. The van der Waals surface area contributed by atoms with Gasteiger partial charge < -0.3 is 4.90 Å². The third-order valence-corrected chi connectivity index (χ3v) is 2.21. The fourth-order valence-corrected chi connectivity index (χ4v) is 1.41. The number of carbonyl (C=O) groups is 1. The zero-order valence-corrected chi connectivity index (χ0v) is 9.82. The fourth-order valence-electron chi connectivity index (χ4n) is 1.41. The summed E-state index contributed by atoms with van der Waals surface area (Å²) in [5.74, 6) is 0.741. The van der Waals surface area contributed by atoms with Crippen molar-refractivity contribution < 1.29 is 4.79 Å². The molecule has 0 aromatic rings. The van der Waals surface area contributed by atoms with E-state index in [0.29, 0.717) is 19.6 Å². The number of hydrogen-bond acceptors (Lipinski definition) is 3. The lowest BCUT2D eigenvalue weighted by Gasteiger charge is -2.13. The lowest BCUT2D eigenvalue weighted by molar-refractivity contribution is 0.199. The molecule has 1 rings (SSSR count). The molecule has 15 heavy (non-hydrogen) atoms. The first-order valence-corrected chi connectivity index (χ1v) is 5.24. The summed E-state index contributed by atoms with van der Waals surface area (Å²) in [5.41, 5.74) is 0.890. The number of hydrogen-bond donors (Lipinski definition) is 0. The van der Waals surface area contributed by atoms with Crippen LogP contribution in [0, 0.1) is 0 Å². The molecule has 1 aliphatic rings. The Bertz CT molecular complexity index is 305. The van der Waals surface area contributed by atoms with Crippen molar-refractivity contribution in [1.82, 2.24) is 9.80 Å². The van der Waals surface area contributed by atoms with Crippen LogP contribution >= 0.6 is 0 Å². The zero-order valence-electron chi connectivity index (χ0n) is 9.82. The molecule has 0 spiro atoms. The number of amidine groups is 1. The Labute approximate surface area is 90.5 Å². The van der Waals surface area contributed by atoms with Gasteiger partial charge in [-0.15, -0.1) is 5.10 Å². The topological polar surface area (TPSA) is 48.3 Å². The second kappa shape index (κ2) is 4.91. The summed E-state index contributed by atoms with van der Waals surface area (Å²) in [6, 6.07) is 0.0303. The van der Waals surface area contributed by atoms with Gasteiger partial charge in [0.05, 0.1) is 6.54 Å². The minimum atomic E-state index is 0.0303. The molecule has 0 aromatic carbocycles. The van der Waals surface area contributed by atoms with E-state index in [-0.39, 0.29) is 6.03 Å². The second-order valence-electron chi connectivity index (χ2n) is 3.60. The predicted octanol–water partition coefficient (Wildman–Crippen LogP) is 1.56. The predicted molar refractivity (Wildman–Crippen MR) is 61.2 cm³/mol. The molecule has 5 heteroatoms. The molecule has 1 saturated heterocycles. The summed E-state index contributed by atoms with van der Waals surface area (Å²) in [7, 11) is 0. The van der Waals surface area contributed by atoms with E-state index < -0.39 is 0 Å². The molecule has 0 atom stereocenters. The number of likely N-dealkylation sites (N-methyl/N-ethyl adjacent to an activating group) is 2. The minimum absolute atomic E-state index is 0.0303. The lowest BCUT2D eigenvalue weighted by Crippen LogP contribution is -2.32. The Morgan fingerprint density at radius 1 is 1.33 bits per heavy atom. The van der Waals surface area contributed by atoms with Gasteiger partial charge in [-0.05, 0) is 27.7 Å². The maximum absolute atomic E-state index is 11.7. The lowest BCUT2D eigenvalue weighted by atomic mass is 10.5. The molecule has 1 fully saturated rings. The third kappa shape index (κ3) is 2.55. The molecule has 0 aromatic heterocycles. The van der Waals surface area contributed by atoms with E-state index in [4.69, 9.17) is 0 Å². The standard InChI is InChI=1S/C10H18N4O/c1-5-13-7-9(12-11-8(3)4)14(6-2)10(13)15/h5-7H2,1-4H3. The molecular weight excluding hydrogens is 192 g/mol. The van der Waals surface area contributed by atoms with Crippen LogP contribution in [0.5, 0.6) is 0 Å². The molecule has 0 radical (unpaired) electrons. The van der Waals surface area contributed by atoms with E-state index in [9.17, 15) is 4.79 Å². The van der Waals surface area contributed by atoms with Crippen molar-refractivity contribution in [1.29, 1.82) is 0 Å². The maximum atomic E-state index is 11.7. The third-order valence-electron chi connectivity index (χ3n) is 2.21. The second-order valence-corrected chi connectivity index (χ2v) is 3.60. The van der Waals surface area contributed by atoms with Gasteiger partial charge in [0.1, 0.15) is 0 Å². The van der Waals surface area contributed by atoms with Gasteiger partial charge in [-0.1, -0.05) is 0 Å². The number of rotatable bonds is 3. The van der Waals surface area contributed by atoms with E-state index >= 15 is 0 Å². The van der Waals surface area contributed by atoms with Gasteiger partial charge in [0.2, 0.25) is 0 Å². The molecule has 0 N–H and O–H groups in total.